The molecule has 0 spiro atoms. The number of ketones is 1. The van der Waals surface area contributed by atoms with Gasteiger partial charge >= 0.3 is 5.97 Å². The summed E-state index contributed by atoms with van der Waals surface area (Å²) in [5, 5.41) is -0.0684. The van der Waals surface area contributed by atoms with Crippen molar-refractivity contribution in [1.82, 2.24) is 14.5 Å². The number of thioether (sulfide) groups is 1. The second-order valence-corrected chi connectivity index (χ2v) is 10.3. The van der Waals surface area contributed by atoms with Gasteiger partial charge in [0.25, 0.3) is 0 Å². The molecular formula is C26H30FN3O4S. The van der Waals surface area contributed by atoms with Gasteiger partial charge in [-0.2, -0.15) is 0 Å². The first kappa shape index (κ1) is 25.3. The maximum atomic E-state index is 14.8. The zero-order chi connectivity index (χ0) is 24.9. The van der Waals surface area contributed by atoms with E-state index in [9.17, 15) is 18.8 Å². The van der Waals surface area contributed by atoms with Crippen LogP contribution in [0.2, 0.25) is 0 Å². The Kier molecular flexibility index (Phi) is 8.18. The number of nitrogens with zero attached hydrogens (tertiary/aromatic N) is 3. The third kappa shape index (κ3) is 6.27. The second-order valence-electron chi connectivity index (χ2n) is 8.93. The molecule has 1 saturated heterocycles. The van der Waals surface area contributed by atoms with E-state index in [0.717, 1.165) is 18.4 Å². The van der Waals surface area contributed by atoms with Crippen LogP contribution >= 0.6 is 11.8 Å². The van der Waals surface area contributed by atoms with Crippen molar-refractivity contribution in [1.29, 1.82) is 0 Å². The van der Waals surface area contributed by atoms with Gasteiger partial charge in [0.2, 0.25) is 0 Å². The SMILES string of the molecule is CCOC(=O)Cn1cncc1/C=C1/CN(C(C(=O)C2CC2)c2ccccc2F)CCC1SC(C)=O. The van der Waals surface area contributed by atoms with Gasteiger partial charge in [-0.15, -0.1) is 0 Å². The zero-order valence-corrected chi connectivity index (χ0v) is 20.8. The normalized spacial score (nSPS) is 20.5. The van der Waals surface area contributed by atoms with E-state index in [1.807, 2.05) is 11.0 Å². The van der Waals surface area contributed by atoms with Crippen LogP contribution in [0.1, 0.15) is 50.4 Å². The van der Waals surface area contributed by atoms with E-state index < -0.39 is 6.04 Å². The van der Waals surface area contributed by atoms with Gasteiger partial charge < -0.3 is 9.30 Å². The number of likely N-dealkylation sites (tertiary alicyclic amines) is 1. The molecule has 186 valence electrons. The zero-order valence-electron chi connectivity index (χ0n) is 20.0. The van der Waals surface area contributed by atoms with E-state index in [4.69, 9.17) is 4.74 Å². The van der Waals surface area contributed by atoms with Crippen LogP contribution in [0.3, 0.4) is 0 Å². The fourth-order valence-corrected chi connectivity index (χ4v) is 5.43. The summed E-state index contributed by atoms with van der Waals surface area (Å²) in [6.45, 7) is 4.60. The molecule has 2 aromatic rings. The van der Waals surface area contributed by atoms with E-state index in [1.165, 1.54) is 17.8 Å². The molecule has 4 rings (SSSR count). The highest BCUT2D eigenvalue weighted by atomic mass is 32.2. The highest BCUT2D eigenvalue weighted by molar-refractivity contribution is 8.14. The van der Waals surface area contributed by atoms with Crippen LogP contribution in [-0.2, 0) is 25.7 Å². The number of halogens is 1. The lowest BCUT2D eigenvalue weighted by Crippen LogP contribution is -2.43. The summed E-state index contributed by atoms with van der Waals surface area (Å²) in [4.78, 5) is 43.5. The number of hydrogen-bond acceptors (Lipinski definition) is 7. The molecule has 2 unspecified atom stereocenters. The molecule has 0 bridgehead atoms. The van der Waals surface area contributed by atoms with Crippen LogP contribution in [-0.4, -0.2) is 56.3 Å². The second kappa shape index (κ2) is 11.3. The number of piperidine rings is 1. The van der Waals surface area contributed by atoms with Gasteiger partial charge in [-0.1, -0.05) is 30.0 Å². The minimum absolute atomic E-state index is 0.00842. The average Bonchev–Trinajstić information content (AvgIpc) is 3.58. The lowest BCUT2D eigenvalue weighted by molar-refractivity contribution is -0.143. The van der Waals surface area contributed by atoms with Gasteiger partial charge in [0, 0.05) is 36.7 Å². The first-order valence-electron chi connectivity index (χ1n) is 11.9. The summed E-state index contributed by atoms with van der Waals surface area (Å²) in [6.07, 6.45) is 7.48. The number of rotatable bonds is 9. The molecule has 2 aliphatic rings. The predicted molar refractivity (Wildman–Crippen MR) is 132 cm³/mol. The first-order chi connectivity index (χ1) is 16.9. The van der Waals surface area contributed by atoms with Gasteiger partial charge in [0.05, 0.1) is 30.9 Å². The first-order valence-corrected chi connectivity index (χ1v) is 12.8. The Hall–Kier alpha value is -2.78. The van der Waals surface area contributed by atoms with E-state index in [1.54, 1.807) is 49.1 Å². The van der Waals surface area contributed by atoms with Crippen molar-refractivity contribution in [3.63, 3.8) is 0 Å². The predicted octanol–water partition coefficient (Wildman–Crippen LogP) is 4.04. The topological polar surface area (TPSA) is 81.5 Å². The maximum Gasteiger partial charge on any atom is 0.325 e. The third-order valence-corrected chi connectivity index (χ3v) is 7.44. The van der Waals surface area contributed by atoms with Crippen LogP contribution < -0.4 is 0 Å². The number of benzene rings is 1. The van der Waals surface area contributed by atoms with Crippen molar-refractivity contribution in [2.24, 2.45) is 5.92 Å². The van der Waals surface area contributed by atoms with Crippen LogP contribution in [0, 0.1) is 11.7 Å². The number of esters is 1. The maximum absolute atomic E-state index is 14.8. The van der Waals surface area contributed by atoms with Gasteiger partial charge in [0.15, 0.2) is 10.9 Å². The Morgan fingerprint density at radius 1 is 1.26 bits per heavy atom. The minimum atomic E-state index is -0.667. The number of aromatic nitrogens is 2. The molecule has 2 atom stereocenters. The molecule has 1 aromatic heterocycles. The smallest absolute Gasteiger partial charge is 0.325 e. The Bertz CT molecular complexity index is 1130. The van der Waals surface area contributed by atoms with Gasteiger partial charge in [0.1, 0.15) is 12.4 Å². The molecule has 0 N–H and O–H groups in total. The standard InChI is InChI=1S/C26H30FN3O4S/c1-3-34-24(32)15-30-16-28-13-20(30)12-19-14-29(11-10-23(19)35-17(2)31)25(26(33)18-8-9-18)21-6-4-5-7-22(21)27/h4-7,12-13,16,18,23,25H,3,8-11,14-15H2,1-2H3/b19-12-. The Labute approximate surface area is 208 Å². The van der Waals surface area contributed by atoms with Crippen molar-refractivity contribution >= 4 is 34.7 Å². The minimum Gasteiger partial charge on any atom is -0.465 e. The largest absolute Gasteiger partial charge is 0.465 e. The lowest BCUT2D eigenvalue weighted by atomic mass is 9.93. The van der Waals surface area contributed by atoms with Crippen molar-refractivity contribution in [3.8, 4) is 0 Å². The number of Topliss-reactive ketones (excluding diaryl/α,β-unsaturated/α-hetero) is 1. The summed E-state index contributed by atoms with van der Waals surface area (Å²) in [6, 6.07) is 5.80. The Balaban J connectivity index is 1.65. The lowest BCUT2D eigenvalue weighted by Gasteiger charge is -2.38. The molecule has 1 saturated carbocycles. The quantitative estimate of drug-likeness (QED) is 0.482. The van der Waals surface area contributed by atoms with Gasteiger partial charge in [-0.3, -0.25) is 19.3 Å². The van der Waals surface area contributed by atoms with Crippen LogP contribution in [0.4, 0.5) is 4.39 Å². The number of ether oxygens (including phenoxy) is 1. The molecular weight excluding hydrogens is 469 g/mol. The summed E-state index contributed by atoms with van der Waals surface area (Å²) < 4.78 is 21.6. The van der Waals surface area contributed by atoms with Crippen molar-refractivity contribution in [2.75, 3.05) is 19.7 Å². The molecule has 0 amide bonds. The Morgan fingerprint density at radius 2 is 2.03 bits per heavy atom. The number of carbonyl (C=O) groups excluding carboxylic acids is 3. The molecule has 9 heteroatoms. The Morgan fingerprint density at radius 3 is 2.71 bits per heavy atom. The molecule has 0 radical (unpaired) electrons. The van der Waals surface area contributed by atoms with E-state index in [0.29, 0.717) is 37.4 Å². The summed E-state index contributed by atoms with van der Waals surface area (Å²) >= 11 is 1.26. The molecule has 1 aromatic carbocycles. The molecule has 2 fully saturated rings. The highest BCUT2D eigenvalue weighted by Gasteiger charge is 2.41. The molecule has 7 nitrogen and oxygen atoms in total. The molecule has 2 heterocycles. The van der Waals surface area contributed by atoms with Crippen LogP contribution in [0.15, 0.2) is 42.4 Å². The summed E-state index contributed by atoms with van der Waals surface area (Å²) in [5.74, 6) is -0.716. The van der Waals surface area contributed by atoms with E-state index >= 15 is 0 Å². The van der Waals surface area contributed by atoms with E-state index in [2.05, 4.69) is 4.98 Å². The number of hydrogen-bond donors (Lipinski definition) is 0. The van der Waals surface area contributed by atoms with E-state index in [-0.39, 0.29) is 40.4 Å². The fraction of sp³-hybridized carbons (Fsp3) is 0.462. The van der Waals surface area contributed by atoms with Crippen molar-refractivity contribution in [2.45, 2.75) is 50.9 Å². The van der Waals surface area contributed by atoms with Crippen LogP contribution in [0.5, 0.6) is 0 Å². The van der Waals surface area contributed by atoms with Crippen LogP contribution in [0.25, 0.3) is 6.08 Å². The monoisotopic (exact) mass is 499 g/mol. The molecule has 1 aliphatic heterocycles. The number of imidazole rings is 1. The van der Waals surface area contributed by atoms with Crippen molar-refractivity contribution in [3.05, 3.63) is 59.4 Å². The number of carbonyl (C=O) groups is 3. The molecule has 35 heavy (non-hydrogen) atoms. The fourth-order valence-electron chi connectivity index (χ4n) is 4.51. The average molecular weight is 500 g/mol. The van der Waals surface area contributed by atoms with Gasteiger partial charge in [-0.05, 0) is 43.9 Å². The van der Waals surface area contributed by atoms with Crippen molar-refractivity contribution < 1.29 is 23.5 Å². The third-order valence-electron chi connectivity index (χ3n) is 6.28. The summed E-state index contributed by atoms with van der Waals surface area (Å²) in [7, 11) is 0. The summed E-state index contributed by atoms with van der Waals surface area (Å²) in [5.41, 5.74) is 2.04. The van der Waals surface area contributed by atoms with Gasteiger partial charge in [-0.25, -0.2) is 9.37 Å². The molecule has 1 aliphatic carbocycles. The highest BCUT2D eigenvalue weighted by Crippen LogP contribution is 2.40.